The Balaban J connectivity index is 1.52. The van der Waals surface area contributed by atoms with E-state index in [0.717, 1.165) is 11.1 Å². The van der Waals surface area contributed by atoms with Crippen LogP contribution in [0.3, 0.4) is 0 Å². The van der Waals surface area contributed by atoms with Gasteiger partial charge in [0.2, 0.25) is 0 Å². The number of aryl methyl sites for hydroxylation is 1. The second kappa shape index (κ2) is 12.5. The summed E-state index contributed by atoms with van der Waals surface area (Å²) in [5.74, 6) is -0.794. The number of esters is 1. The van der Waals surface area contributed by atoms with Crippen molar-refractivity contribution in [2.24, 2.45) is 5.10 Å². The lowest BCUT2D eigenvalue weighted by atomic mass is 10.1. The van der Waals surface area contributed by atoms with Gasteiger partial charge in [-0.15, -0.1) is 0 Å². The first-order valence-corrected chi connectivity index (χ1v) is 10.7. The molecule has 178 valence electrons. The van der Waals surface area contributed by atoms with Crippen molar-refractivity contribution in [3.05, 3.63) is 101 Å². The van der Waals surface area contributed by atoms with Crippen LogP contribution in [0.2, 0.25) is 0 Å². The minimum atomic E-state index is -0.548. The summed E-state index contributed by atoms with van der Waals surface area (Å²) in [6, 6.07) is 21.3. The van der Waals surface area contributed by atoms with Crippen molar-refractivity contribution >= 4 is 30.1 Å². The molecule has 3 aromatic carbocycles. The molecule has 8 nitrogen and oxygen atoms in total. The van der Waals surface area contributed by atoms with E-state index in [4.69, 9.17) is 9.47 Å². The average molecular weight is 472 g/mol. The molecule has 0 spiro atoms. The fourth-order valence-corrected chi connectivity index (χ4v) is 3.02. The van der Waals surface area contributed by atoms with Crippen LogP contribution < -0.4 is 20.2 Å². The lowest BCUT2D eigenvalue weighted by molar-refractivity contribution is -0.129. The van der Waals surface area contributed by atoms with Crippen LogP contribution in [-0.2, 0) is 9.59 Å². The van der Waals surface area contributed by atoms with Gasteiger partial charge in [-0.1, -0.05) is 48.5 Å². The number of carbonyl (C=O) groups excluding carboxylic acids is 3. The van der Waals surface area contributed by atoms with Gasteiger partial charge in [0.15, 0.2) is 11.5 Å². The predicted molar refractivity (Wildman–Crippen MR) is 133 cm³/mol. The Labute approximate surface area is 203 Å². The Bertz CT molecular complexity index is 1250. The molecule has 0 bridgehead atoms. The summed E-state index contributed by atoms with van der Waals surface area (Å²) in [7, 11) is 1.45. The zero-order valence-corrected chi connectivity index (χ0v) is 19.4. The van der Waals surface area contributed by atoms with Gasteiger partial charge in [0.05, 0.1) is 19.9 Å². The van der Waals surface area contributed by atoms with Crippen LogP contribution in [0.1, 0.15) is 27.0 Å². The van der Waals surface area contributed by atoms with Gasteiger partial charge in [-0.25, -0.2) is 10.2 Å². The summed E-state index contributed by atoms with van der Waals surface area (Å²) in [6.07, 6.45) is 4.39. The summed E-state index contributed by atoms with van der Waals surface area (Å²) in [5, 5.41) is 6.44. The normalized spacial score (nSPS) is 10.8. The minimum Gasteiger partial charge on any atom is -0.493 e. The lowest BCUT2D eigenvalue weighted by Gasteiger charge is -2.08. The van der Waals surface area contributed by atoms with Gasteiger partial charge in [-0.2, -0.15) is 5.10 Å². The number of hydrogen-bond acceptors (Lipinski definition) is 6. The van der Waals surface area contributed by atoms with Crippen molar-refractivity contribution in [1.82, 2.24) is 10.7 Å². The van der Waals surface area contributed by atoms with Gasteiger partial charge >= 0.3 is 5.97 Å². The van der Waals surface area contributed by atoms with Crippen LogP contribution >= 0.6 is 0 Å². The smallest absolute Gasteiger partial charge is 0.336 e. The molecule has 0 aromatic heterocycles. The van der Waals surface area contributed by atoms with Gasteiger partial charge in [-0.05, 0) is 54.0 Å². The van der Waals surface area contributed by atoms with Crippen LogP contribution in [0.15, 0.2) is 84.0 Å². The molecular weight excluding hydrogens is 446 g/mol. The van der Waals surface area contributed by atoms with Crippen molar-refractivity contribution in [3.63, 3.8) is 0 Å². The highest BCUT2D eigenvalue weighted by Crippen LogP contribution is 2.27. The first-order chi connectivity index (χ1) is 17.0. The molecule has 0 fully saturated rings. The van der Waals surface area contributed by atoms with Gasteiger partial charge < -0.3 is 14.8 Å². The maximum Gasteiger partial charge on any atom is 0.336 e. The van der Waals surface area contributed by atoms with E-state index >= 15 is 0 Å². The first-order valence-electron chi connectivity index (χ1n) is 10.7. The summed E-state index contributed by atoms with van der Waals surface area (Å²) in [5.41, 5.74) is 5.15. The van der Waals surface area contributed by atoms with Crippen molar-refractivity contribution in [3.8, 4) is 11.5 Å². The molecule has 0 aliphatic heterocycles. The van der Waals surface area contributed by atoms with Crippen molar-refractivity contribution < 1.29 is 23.9 Å². The Morgan fingerprint density at radius 2 is 1.66 bits per heavy atom. The number of hydrogen-bond donors (Lipinski definition) is 2. The summed E-state index contributed by atoms with van der Waals surface area (Å²) < 4.78 is 10.6. The molecule has 0 heterocycles. The Kier molecular flexibility index (Phi) is 8.90. The van der Waals surface area contributed by atoms with Crippen molar-refractivity contribution in [1.29, 1.82) is 0 Å². The standard InChI is InChI=1S/C27H25N3O5/c1-19-8-6-7-11-22(19)27(33)28-18-25(31)30-29-17-21-12-14-23(24(16-21)34-2)35-26(32)15-13-20-9-4-3-5-10-20/h3-17H,18H2,1-2H3,(H,28,33)(H,30,31). The van der Waals surface area contributed by atoms with Gasteiger partial charge in [0, 0.05) is 11.6 Å². The van der Waals surface area contributed by atoms with Crippen LogP contribution in [0.5, 0.6) is 11.5 Å². The quantitative estimate of drug-likeness (QED) is 0.163. The second-order valence-electron chi connectivity index (χ2n) is 7.37. The third-order valence-electron chi connectivity index (χ3n) is 4.81. The molecule has 0 radical (unpaired) electrons. The number of methoxy groups -OCH3 is 1. The molecule has 35 heavy (non-hydrogen) atoms. The number of hydrazone groups is 1. The topological polar surface area (TPSA) is 106 Å². The van der Waals surface area contributed by atoms with Gasteiger partial charge in [-0.3, -0.25) is 9.59 Å². The summed E-state index contributed by atoms with van der Waals surface area (Å²) >= 11 is 0. The number of nitrogens with zero attached hydrogens (tertiary/aromatic N) is 1. The monoisotopic (exact) mass is 471 g/mol. The number of rotatable bonds is 9. The highest BCUT2D eigenvalue weighted by atomic mass is 16.6. The number of carbonyl (C=O) groups is 3. The molecule has 0 atom stereocenters. The van der Waals surface area contributed by atoms with Crippen LogP contribution in [-0.4, -0.2) is 37.7 Å². The van der Waals surface area contributed by atoms with Crippen molar-refractivity contribution in [2.45, 2.75) is 6.92 Å². The Morgan fingerprint density at radius 1 is 0.914 bits per heavy atom. The highest BCUT2D eigenvalue weighted by molar-refractivity contribution is 5.97. The predicted octanol–water partition coefficient (Wildman–Crippen LogP) is 3.50. The third kappa shape index (κ3) is 7.68. The third-order valence-corrected chi connectivity index (χ3v) is 4.81. The molecule has 3 aromatic rings. The fourth-order valence-electron chi connectivity index (χ4n) is 3.02. The fraction of sp³-hybridized carbons (Fsp3) is 0.111. The van der Waals surface area contributed by atoms with Crippen LogP contribution in [0.25, 0.3) is 6.08 Å². The minimum absolute atomic E-state index is 0.223. The molecule has 2 N–H and O–H groups in total. The molecule has 0 unspecified atom stereocenters. The number of ether oxygens (including phenoxy) is 2. The molecule has 0 saturated carbocycles. The molecule has 0 aliphatic rings. The Hall–Kier alpha value is -4.72. The Morgan fingerprint density at radius 3 is 2.40 bits per heavy atom. The number of benzene rings is 3. The average Bonchev–Trinajstić information content (AvgIpc) is 2.87. The summed E-state index contributed by atoms with van der Waals surface area (Å²) in [6.45, 7) is 1.60. The van der Waals surface area contributed by atoms with E-state index in [9.17, 15) is 14.4 Å². The van der Waals surface area contributed by atoms with Crippen LogP contribution in [0, 0.1) is 6.92 Å². The lowest BCUT2D eigenvalue weighted by Crippen LogP contribution is -2.35. The molecule has 2 amide bonds. The largest absolute Gasteiger partial charge is 0.493 e. The van der Waals surface area contributed by atoms with E-state index < -0.39 is 11.9 Å². The van der Waals surface area contributed by atoms with E-state index in [1.165, 1.54) is 19.4 Å². The SMILES string of the molecule is COc1cc(C=NNC(=O)CNC(=O)c2ccccc2C)ccc1OC(=O)C=Cc1ccccc1. The van der Waals surface area contributed by atoms with E-state index in [-0.39, 0.29) is 18.2 Å². The highest BCUT2D eigenvalue weighted by Gasteiger charge is 2.10. The molecule has 0 aliphatic carbocycles. The number of amides is 2. The zero-order valence-electron chi connectivity index (χ0n) is 19.4. The van der Waals surface area contributed by atoms with Crippen molar-refractivity contribution in [2.75, 3.05) is 13.7 Å². The van der Waals surface area contributed by atoms with E-state index in [1.54, 1.807) is 36.4 Å². The zero-order chi connectivity index (χ0) is 25.0. The van der Waals surface area contributed by atoms with Crippen LogP contribution in [0.4, 0.5) is 0 Å². The van der Waals surface area contributed by atoms with Gasteiger partial charge in [0.25, 0.3) is 11.8 Å². The maximum absolute atomic E-state index is 12.2. The maximum atomic E-state index is 12.2. The molecule has 8 heteroatoms. The first kappa shape index (κ1) is 24.9. The second-order valence-corrected chi connectivity index (χ2v) is 7.37. The molecule has 0 saturated heterocycles. The van der Waals surface area contributed by atoms with E-state index in [2.05, 4.69) is 15.8 Å². The van der Waals surface area contributed by atoms with Gasteiger partial charge in [0.1, 0.15) is 0 Å². The molecule has 3 rings (SSSR count). The van der Waals surface area contributed by atoms with E-state index in [0.29, 0.717) is 16.9 Å². The summed E-state index contributed by atoms with van der Waals surface area (Å²) in [4.78, 5) is 36.3. The molecular formula is C27H25N3O5. The van der Waals surface area contributed by atoms with E-state index in [1.807, 2.05) is 49.4 Å². The number of nitrogens with one attached hydrogen (secondary N) is 2.